The van der Waals surface area contributed by atoms with Gasteiger partial charge < -0.3 is 19.6 Å². The number of rotatable bonds is 2. The lowest BCUT2D eigenvalue weighted by molar-refractivity contribution is -0.131. The standard InChI is InChI=1S/C14H18N4O3/c19-12-1-6-21-13(14(12)20)9-17-2-4-18(5-3-17)11-7-15-10-16-8-11/h7-10,12,19H,1-6H2/b13-9+/t12-/m1/s1. The van der Waals surface area contributed by atoms with Crippen LogP contribution in [0.1, 0.15) is 6.42 Å². The van der Waals surface area contributed by atoms with Crippen molar-refractivity contribution in [2.24, 2.45) is 0 Å². The molecule has 0 aliphatic carbocycles. The van der Waals surface area contributed by atoms with E-state index in [1.54, 1.807) is 18.6 Å². The van der Waals surface area contributed by atoms with E-state index in [2.05, 4.69) is 14.9 Å². The van der Waals surface area contributed by atoms with Crippen LogP contribution >= 0.6 is 0 Å². The van der Waals surface area contributed by atoms with Crippen molar-refractivity contribution < 1.29 is 14.6 Å². The fourth-order valence-corrected chi connectivity index (χ4v) is 2.48. The molecule has 7 nitrogen and oxygen atoms in total. The van der Waals surface area contributed by atoms with Gasteiger partial charge in [0.1, 0.15) is 12.4 Å². The summed E-state index contributed by atoms with van der Waals surface area (Å²) in [7, 11) is 0. The molecule has 0 aromatic carbocycles. The molecule has 3 heterocycles. The van der Waals surface area contributed by atoms with Gasteiger partial charge in [0.05, 0.1) is 24.7 Å². The maximum atomic E-state index is 11.8. The van der Waals surface area contributed by atoms with Gasteiger partial charge in [0, 0.05) is 38.8 Å². The molecule has 2 fully saturated rings. The molecular weight excluding hydrogens is 272 g/mol. The maximum Gasteiger partial charge on any atom is 0.227 e. The Labute approximate surface area is 122 Å². The van der Waals surface area contributed by atoms with Crippen LogP contribution in [-0.2, 0) is 9.53 Å². The summed E-state index contributed by atoms with van der Waals surface area (Å²) in [5.74, 6) is -0.0506. The van der Waals surface area contributed by atoms with Crippen molar-refractivity contribution in [1.29, 1.82) is 0 Å². The van der Waals surface area contributed by atoms with Crippen LogP contribution in [0.5, 0.6) is 0 Å². The van der Waals surface area contributed by atoms with E-state index in [4.69, 9.17) is 4.74 Å². The summed E-state index contributed by atoms with van der Waals surface area (Å²) in [4.78, 5) is 24.1. The fourth-order valence-electron chi connectivity index (χ4n) is 2.48. The largest absolute Gasteiger partial charge is 0.488 e. The van der Waals surface area contributed by atoms with Gasteiger partial charge in [0.15, 0.2) is 5.76 Å². The third-order valence-corrected chi connectivity index (χ3v) is 3.72. The van der Waals surface area contributed by atoms with E-state index in [-0.39, 0.29) is 11.5 Å². The highest BCUT2D eigenvalue weighted by Crippen LogP contribution is 2.17. The molecule has 0 saturated carbocycles. The lowest BCUT2D eigenvalue weighted by Gasteiger charge is -2.35. The summed E-state index contributed by atoms with van der Waals surface area (Å²) >= 11 is 0. The van der Waals surface area contributed by atoms with Gasteiger partial charge >= 0.3 is 0 Å². The molecule has 3 rings (SSSR count). The van der Waals surface area contributed by atoms with E-state index in [1.165, 1.54) is 6.33 Å². The number of hydrogen-bond donors (Lipinski definition) is 1. The SMILES string of the molecule is O=C1/C(=C\N2CCN(c3cncnc3)CC2)OCC[C@H]1O. The summed E-state index contributed by atoms with van der Waals surface area (Å²) in [6, 6.07) is 0. The molecule has 112 valence electrons. The molecule has 1 atom stereocenters. The number of ether oxygens (including phenoxy) is 1. The van der Waals surface area contributed by atoms with Crippen LogP contribution in [0.2, 0.25) is 0 Å². The Morgan fingerprint density at radius 3 is 2.67 bits per heavy atom. The summed E-state index contributed by atoms with van der Waals surface area (Å²) in [6.45, 7) is 3.61. The van der Waals surface area contributed by atoms with E-state index in [1.807, 2.05) is 4.90 Å². The highest BCUT2D eigenvalue weighted by Gasteiger charge is 2.27. The van der Waals surface area contributed by atoms with Gasteiger partial charge in [-0.25, -0.2) is 9.97 Å². The first-order valence-electron chi connectivity index (χ1n) is 7.05. The minimum atomic E-state index is -0.923. The van der Waals surface area contributed by atoms with Gasteiger partial charge in [-0.2, -0.15) is 0 Å². The number of aromatic nitrogens is 2. The average molecular weight is 290 g/mol. The summed E-state index contributed by atoms with van der Waals surface area (Å²) in [6.07, 6.45) is 6.28. The number of aliphatic hydroxyl groups excluding tert-OH is 1. The predicted molar refractivity (Wildman–Crippen MR) is 75.5 cm³/mol. The first-order valence-corrected chi connectivity index (χ1v) is 7.05. The molecule has 1 aromatic rings. The van der Waals surface area contributed by atoms with Crippen LogP contribution in [0.4, 0.5) is 5.69 Å². The number of aliphatic hydroxyl groups is 1. The molecule has 0 bridgehead atoms. The van der Waals surface area contributed by atoms with Crippen LogP contribution in [0.3, 0.4) is 0 Å². The molecular formula is C14H18N4O3. The Bertz CT molecular complexity index is 526. The zero-order chi connectivity index (χ0) is 14.7. The van der Waals surface area contributed by atoms with E-state index in [0.29, 0.717) is 13.0 Å². The lowest BCUT2D eigenvalue weighted by Crippen LogP contribution is -2.45. The molecule has 1 aromatic heterocycles. The van der Waals surface area contributed by atoms with Crippen LogP contribution in [0, 0.1) is 0 Å². The fraction of sp³-hybridized carbons (Fsp3) is 0.500. The van der Waals surface area contributed by atoms with Crippen molar-refractivity contribution in [3.63, 3.8) is 0 Å². The predicted octanol–water partition coefficient (Wildman–Crippen LogP) is -0.210. The van der Waals surface area contributed by atoms with Gasteiger partial charge in [-0.3, -0.25) is 4.79 Å². The highest BCUT2D eigenvalue weighted by atomic mass is 16.5. The van der Waals surface area contributed by atoms with Crippen molar-refractivity contribution in [3.8, 4) is 0 Å². The van der Waals surface area contributed by atoms with Crippen LogP contribution < -0.4 is 4.90 Å². The zero-order valence-corrected chi connectivity index (χ0v) is 11.7. The maximum absolute atomic E-state index is 11.8. The third-order valence-electron chi connectivity index (χ3n) is 3.72. The van der Waals surface area contributed by atoms with Gasteiger partial charge in [0.2, 0.25) is 5.78 Å². The van der Waals surface area contributed by atoms with E-state index in [9.17, 15) is 9.90 Å². The first-order chi connectivity index (χ1) is 10.2. The molecule has 2 aliphatic rings. The number of anilines is 1. The summed E-state index contributed by atoms with van der Waals surface area (Å²) in [5, 5.41) is 9.56. The molecule has 0 radical (unpaired) electrons. The van der Waals surface area contributed by atoms with Crippen molar-refractivity contribution in [3.05, 3.63) is 30.7 Å². The minimum Gasteiger partial charge on any atom is -0.488 e. The highest BCUT2D eigenvalue weighted by molar-refractivity contribution is 5.97. The van der Waals surface area contributed by atoms with E-state index >= 15 is 0 Å². The molecule has 0 amide bonds. The summed E-state index contributed by atoms with van der Waals surface area (Å²) < 4.78 is 5.35. The van der Waals surface area contributed by atoms with Gasteiger partial charge in [-0.15, -0.1) is 0 Å². The molecule has 0 unspecified atom stereocenters. The first kappa shape index (κ1) is 13.8. The van der Waals surface area contributed by atoms with Gasteiger partial charge in [-0.1, -0.05) is 0 Å². The topological polar surface area (TPSA) is 78.8 Å². The van der Waals surface area contributed by atoms with Crippen LogP contribution in [-0.4, -0.2) is 64.6 Å². The van der Waals surface area contributed by atoms with Crippen molar-refractivity contribution in [2.45, 2.75) is 12.5 Å². The normalized spacial score (nSPS) is 25.1. The average Bonchev–Trinajstić information content (AvgIpc) is 2.53. The monoisotopic (exact) mass is 290 g/mol. The molecule has 2 saturated heterocycles. The second-order valence-electron chi connectivity index (χ2n) is 5.13. The van der Waals surface area contributed by atoms with Crippen molar-refractivity contribution >= 4 is 11.5 Å². The van der Waals surface area contributed by atoms with Gasteiger partial charge in [-0.05, 0) is 0 Å². The Morgan fingerprint density at radius 1 is 1.24 bits per heavy atom. The Kier molecular flexibility index (Phi) is 4.01. The third kappa shape index (κ3) is 3.13. The molecule has 21 heavy (non-hydrogen) atoms. The smallest absolute Gasteiger partial charge is 0.227 e. The van der Waals surface area contributed by atoms with Crippen LogP contribution in [0.15, 0.2) is 30.7 Å². The number of ketones is 1. The number of hydrogen-bond acceptors (Lipinski definition) is 7. The van der Waals surface area contributed by atoms with Gasteiger partial charge in [0.25, 0.3) is 0 Å². The minimum absolute atomic E-state index is 0.269. The molecule has 0 spiro atoms. The zero-order valence-electron chi connectivity index (χ0n) is 11.7. The van der Waals surface area contributed by atoms with Crippen molar-refractivity contribution in [1.82, 2.24) is 14.9 Å². The number of carbonyl (C=O) groups is 1. The van der Waals surface area contributed by atoms with Crippen LogP contribution in [0.25, 0.3) is 0 Å². The second-order valence-corrected chi connectivity index (χ2v) is 5.13. The Morgan fingerprint density at radius 2 is 1.95 bits per heavy atom. The number of carbonyl (C=O) groups excluding carboxylic acids is 1. The quantitative estimate of drug-likeness (QED) is 0.755. The van der Waals surface area contributed by atoms with Crippen molar-refractivity contribution in [2.75, 3.05) is 37.7 Å². The molecule has 1 N–H and O–H groups in total. The Hall–Kier alpha value is -2.15. The molecule has 2 aliphatic heterocycles. The Balaban J connectivity index is 1.60. The number of nitrogens with zero attached hydrogens (tertiary/aromatic N) is 4. The summed E-state index contributed by atoms with van der Waals surface area (Å²) in [5.41, 5.74) is 1.00. The van der Waals surface area contributed by atoms with E-state index in [0.717, 1.165) is 31.9 Å². The van der Waals surface area contributed by atoms with E-state index < -0.39 is 6.10 Å². The second kappa shape index (κ2) is 6.09. The lowest BCUT2D eigenvalue weighted by atomic mass is 10.1. The molecule has 7 heteroatoms. The number of Topliss-reactive ketones (excluding diaryl/α,β-unsaturated/α-hetero) is 1. The number of piperazine rings is 1.